The average Bonchev–Trinajstić information content (AvgIpc) is 2.36. The van der Waals surface area contributed by atoms with E-state index in [1.165, 1.54) is 5.57 Å². The Labute approximate surface area is 128 Å². The van der Waals surface area contributed by atoms with Crippen molar-refractivity contribution in [1.29, 1.82) is 0 Å². The third kappa shape index (κ3) is 5.45. The van der Waals surface area contributed by atoms with E-state index in [1.807, 2.05) is 0 Å². The molecule has 116 valence electrons. The van der Waals surface area contributed by atoms with Gasteiger partial charge >= 0.3 is 13.6 Å². The molecule has 0 bridgehead atoms. The highest BCUT2D eigenvalue weighted by Crippen LogP contribution is 2.48. The van der Waals surface area contributed by atoms with Crippen LogP contribution in [0.25, 0.3) is 0 Å². The fourth-order valence-corrected chi connectivity index (χ4v) is 4.96. The van der Waals surface area contributed by atoms with Gasteiger partial charge in [0.1, 0.15) is 6.10 Å². The molecular formula is C12H21O5PS2. The van der Waals surface area contributed by atoms with Gasteiger partial charge in [0, 0.05) is 30.1 Å². The van der Waals surface area contributed by atoms with Crippen molar-refractivity contribution in [3.05, 3.63) is 12.2 Å². The maximum atomic E-state index is 12.0. The Morgan fingerprint density at radius 2 is 2.05 bits per heavy atom. The molecule has 1 rings (SSSR count). The summed E-state index contributed by atoms with van der Waals surface area (Å²) in [6.07, 6.45) is -0.0268. The molecule has 0 amide bonds. The van der Waals surface area contributed by atoms with Gasteiger partial charge in [0.25, 0.3) is 0 Å². The van der Waals surface area contributed by atoms with Crippen LogP contribution in [0.1, 0.15) is 13.3 Å². The third-order valence-electron chi connectivity index (χ3n) is 2.82. The molecule has 0 aromatic rings. The Bertz CT molecular complexity index is 389. The van der Waals surface area contributed by atoms with Gasteiger partial charge < -0.3 is 14.2 Å². The van der Waals surface area contributed by atoms with Crippen LogP contribution in [0.15, 0.2) is 12.2 Å². The van der Waals surface area contributed by atoms with Crippen molar-refractivity contribution in [2.24, 2.45) is 0 Å². The minimum Gasteiger partial charge on any atom is -0.460 e. The fourth-order valence-electron chi connectivity index (χ4n) is 1.73. The van der Waals surface area contributed by atoms with Gasteiger partial charge in [-0.15, -0.1) is 0 Å². The van der Waals surface area contributed by atoms with E-state index in [-0.39, 0.29) is 12.5 Å². The standard InChI is InChI=1S/C12H21O5PS2/c1-4-11(18(14,15)16-3)12(13)17-10-7-19-5-9(2)6-20-8-10/h10-11H,2,4-8H2,1,3H3,(H,14,15). The van der Waals surface area contributed by atoms with Crippen molar-refractivity contribution in [3.8, 4) is 0 Å². The lowest BCUT2D eigenvalue weighted by molar-refractivity contribution is -0.146. The Balaban J connectivity index is 2.59. The van der Waals surface area contributed by atoms with Crippen molar-refractivity contribution in [2.45, 2.75) is 25.1 Å². The SMILES string of the molecule is C=C1CSCC(OC(=O)C(CC)P(=O)(O)OC)CSC1. The Hall–Kier alpha value is 0.0600. The van der Waals surface area contributed by atoms with Crippen molar-refractivity contribution < 1.29 is 23.5 Å². The molecule has 0 aliphatic carbocycles. The topological polar surface area (TPSA) is 72.8 Å². The summed E-state index contributed by atoms with van der Waals surface area (Å²) in [5, 5.41) is 0. The number of rotatable bonds is 5. The molecule has 20 heavy (non-hydrogen) atoms. The highest BCUT2D eigenvalue weighted by Gasteiger charge is 2.38. The molecule has 1 heterocycles. The third-order valence-corrected chi connectivity index (χ3v) is 7.14. The van der Waals surface area contributed by atoms with Crippen LogP contribution in [0, 0.1) is 0 Å². The largest absolute Gasteiger partial charge is 0.460 e. The van der Waals surface area contributed by atoms with Crippen molar-refractivity contribution in [3.63, 3.8) is 0 Å². The first kappa shape index (κ1) is 18.1. The summed E-state index contributed by atoms with van der Waals surface area (Å²) in [4.78, 5) is 21.7. The molecule has 0 saturated carbocycles. The average molecular weight is 340 g/mol. The molecule has 1 aliphatic rings. The van der Waals surface area contributed by atoms with Crippen molar-refractivity contribution >= 4 is 37.1 Å². The molecule has 1 fully saturated rings. The maximum absolute atomic E-state index is 12.0. The Morgan fingerprint density at radius 1 is 1.50 bits per heavy atom. The monoisotopic (exact) mass is 340 g/mol. The van der Waals surface area contributed by atoms with Gasteiger partial charge in [-0.2, -0.15) is 23.5 Å². The number of esters is 1. The normalized spacial score (nSPS) is 22.4. The summed E-state index contributed by atoms with van der Waals surface area (Å²) < 4.78 is 21.7. The second-order valence-corrected chi connectivity index (χ2v) is 8.69. The lowest BCUT2D eigenvalue weighted by atomic mass is 10.3. The molecule has 1 aliphatic heterocycles. The molecule has 2 atom stereocenters. The zero-order valence-electron chi connectivity index (χ0n) is 11.7. The van der Waals surface area contributed by atoms with E-state index in [4.69, 9.17) is 4.74 Å². The molecule has 5 nitrogen and oxygen atoms in total. The molecule has 0 radical (unpaired) electrons. The van der Waals surface area contributed by atoms with Gasteiger partial charge in [0.05, 0.1) is 0 Å². The van der Waals surface area contributed by atoms with Gasteiger partial charge in [-0.3, -0.25) is 9.36 Å². The first-order chi connectivity index (χ1) is 9.40. The molecule has 1 N–H and O–H groups in total. The number of carbonyl (C=O) groups is 1. The fraction of sp³-hybridized carbons (Fsp3) is 0.750. The van der Waals surface area contributed by atoms with Crippen LogP contribution in [0.5, 0.6) is 0 Å². The lowest BCUT2D eigenvalue weighted by Gasteiger charge is -2.24. The lowest BCUT2D eigenvalue weighted by Crippen LogP contribution is -2.31. The molecule has 8 heteroatoms. The predicted molar refractivity (Wildman–Crippen MR) is 84.6 cm³/mol. The molecular weight excluding hydrogens is 319 g/mol. The van der Waals surface area contributed by atoms with Gasteiger partial charge in [-0.05, 0) is 6.42 Å². The first-order valence-electron chi connectivity index (χ1n) is 6.31. The van der Waals surface area contributed by atoms with Crippen molar-refractivity contribution in [2.75, 3.05) is 30.1 Å². The number of ether oxygens (including phenoxy) is 1. The van der Waals surface area contributed by atoms with Gasteiger partial charge in [0.2, 0.25) is 0 Å². The van der Waals surface area contributed by atoms with E-state index < -0.39 is 19.2 Å². The maximum Gasteiger partial charge on any atom is 0.342 e. The summed E-state index contributed by atoms with van der Waals surface area (Å²) in [7, 11) is -2.81. The van der Waals surface area contributed by atoms with E-state index in [2.05, 4.69) is 11.1 Å². The second kappa shape index (κ2) is 8.49. The number of hydrogen-bond donors (Lipinski definition) is 1. The van der Waals surface area contributed by atoms with E-state index in [0.29, 0.717) is 11.5 Å². The molecule has 0 spiro atoms. The smallest absolute Gasteiger partial charge is 0.342 e. The minimum atomic E-state index is -3.94. The summed E-state index contributed by atoms with van der Waals surface area (Å²) in [5.74, 6) is 2.42. The second-order valence-electron chi connectivity index (χ2n) is 4.51. The van der Waals surface area contributed by atoms with E-state index in [1.54, 1.807) is 30.4 Å². The number of hydrogen-bond acceptors (Lipinski definition) is 6. The zero-order chi connectivity index (χ0) is 15.2. The minimum absolute atomic E-state index is 0.213. The molecule has 0 aromatic heterocycles. The van der Waals surface area contributed by atoms with Crippen LogP contribution >= 0.6 is 31.1 Å². The van der Waals surface area contributed by atoms with E-state index >= 15 is 0 Å². The quantitative estimate of drug-likeness (QED) is 0.468. The van der Waals surface area contributed by atoms with E-state index in [9.17, 15) is 14.3 Å². The van der Waals surface area contributed by atoms with Crippen LogP contribution in [0.3, 0.4) is 0 Å². The van der Waals surface area contributed by atoms with Crippen LogP contribution < -0.4 is 0 Å². The zero-order valence-corrected chi connectivity index (χ0v) is 14.3. The molecule has 0 aromatic carbocycles. The van der Waals surface area contributed by atoms with Crippen LogP contribution in [-0.2, 0) is 18.6 Å². The summed E-state index contributed by atoms with van der Waals surface area (Å²) >= 11 is 3.33. The van der Waals surface area contributed by atoms with E-state index in [0.717, 1.165) is 18.6 Å². The van der Waals surface area contributed by atoms with Crippen molar-refractivity contribution in [1.82, 2.24) is 0 Å². The summed E-state index contributed by atoms with van der Waals surface area (Å²) in [5.41, 5.74) is 0.0679. The van der Waals surface area contributed by atoms with Gasteiger partial charge in [-0.25, -0.2) is 0 Å². The van der Waals surface area contributed by atoms with Gasteiger partial charge in [0.15, 0.2) is 5.66 Å². The summed E-state index contributed by atoms with van der Waals surface area (Å²) in [6.45, 7) is 5.62. The van der Waals surface area contributed by atoms with Crippen LogP contribution in [0.4, 0.5) is 0 Å². The first-order valence-corrected chi connectivity index (χ1v) is 10.3. The molecule has 1 saturated heterocycles. The number of carbonyl (C=O) groups excluding carboxylic acids is 1. The predicted octanol–water partition coefficient (Wildman–Crippen LogP) is 2.54. The Morgan fingerprint density at radius 3 is 2.50 bits per heavy atom. The van der Waals surface area contributed by atoms with Crippen LogP contribution in [0.2, 0.25) is 0 Å². The highest BCUT2D eigenvalue weighted by molar-refractivity contribution is 8.01. The highest BCUT2D eigenvalue weighted by atomic mass is 32.2. The Kier molecular flexibility index (Phi) is 7.69. The summed E-state index contributed by atoms with van der Waals surface area (Å²) in [6, 6.07) is 0. The van der Waals surface area contributed by atoms with Gasteiger partial charge in [-0.1, -0.05) is 19.1 Å². The van der Waals surface area contributed by atoms with Crippen LogP contribution in [-0.4, -0.2) is 52.7 Å². The molecule has 2 unspecified atom stereocenters. The number of thioether (sulfide) groups is 2.